The number of halogens is 1. The highest BCUT2D eigenvalue weighted by atomic mass is 79.9. The van der Waals surface area contributed by atoms with Crippen molar-refractivity contribution in [1.29, 1.82) is 5.26 Å². The Morgan fingerprint density at radius 3 is 2.65 bits per heavy atom. The van der Waals surface area contributed by atoms with E-state index in [2.05, 4.69) is 27.0 Å². The van der Waals surface area contributed by atoms with Crippen LogP contribution in [0.3, 0.4) is 0 Å². The zero-order valence-electron chi connectivity index (χ0n) is 12.5. The maximum absolute atomic E-state index is 12.0. The van der Waals surface area contributed by atoms with E-state index in [1.165, 1.54) is 0 Å². The fourth-order valence-electron chi connectivity index (χ4n) is 2.25. The molecule has 0 N–H and O–H groups in total. The Bertz CT molecular complexity index is 899. The lowest BCUT2D eigenvalue weighted by Crippen LogP contribution is -2.05. The van der Waals surface area contributed by atoms with Crippen molar-refractivity contribution in [3.8, 4) is 6.07 Å². The van der Waals surface area contributed by atoms with Gasteiger partial charge in [-0.05, 0) is 48.9 Å². The third kappa shape index (κ3) is 2.83. The van der Waals surface area contributed by atoms with Crippen molar-refractivity contribution in [2.24, 2.45) is 12.0 Å². The van der Waals surface area contributed by atoms with Crippen molar-refractivity contribution in [2.45, 2.75) is 6.92 Å². The molecule has 6 heteroatoms. The number of nitriles is 1. The van der Waals surface area contributed by atoms with Crippen LogP contribution in [-0.2, 0) is 16.6 Å². The molecule has 2 aromatic rings. The number of carbonyl (C=O) groups excluding carboxylic acids is 1. The molecule has 1 aliphatic rings. The summed E-state index contributed by atoms with van der Waals surface area (Å²) in [6, 6.07) is 11.2. The van der Waals surface area contributed by atoms with Crippen LogP contribution < -0.4 is 0 Å². The molecule has 0 radical (unpaired) electrons. The van der Waals surface area contributed by atoms with Gasteiger partial charge in [-0.3, -0.25) is 0 Å². The maximum atomic E-state index is 12.0. The molecular formula is C17H12BrN3O2. The Hall–Kier alpha value is -2.65. The summed E-state index contributed by atoms with van der Waals surface area (Å²) in [5.74, 6) is -0.215. The van der Waals surface area contributed by atoms with Crippen molar-refractivity contribution < 1.29 is 9.53 Å². The highest BCUT2D eigenvalue weighted by molar-refractivity contribution is 9.10. The molecule has 1 aromatic heterocycles. The van der Waals surface area contributed by atoms with E-state index in [1.807, 2.05) is 31.2 Å². The van der Waals surface area contributed by atoms with Gasteiger partial charge in [-0.2, -0.15) is 5.26 Å². The molecule has 1 aliphatic heterocycles. The average molecular weight is 370 g/mol. The smallest absolute Gasteiger partial charge is 0.363 e. The van der Waals surface area contributed by atoms with E-state index in [1.54, 1.807) is 23.8 Å². The lowest BCUT2D eigenvalue weighted by Gasteiger charge is -1.98. The van der Waals surface area contributed by atoms with Crippen LogP contribution >= 0.6 is 15.9 Å². The van der Waals surface area contributed by atoms with E-state index in [-0.39, 0.29) is 11.6 Å². The molecule has 5 nitrogen and oxygen atoms in total. The minimum absolute atomic E-state index is 0.223. The number of aromatic nitrogens is 1. The summed E-state index contributed by atoms with van der Waals surface area (Å²) in [6.07, 6.45) is 1.64. The fraction of sp³-hybridized carbons (Fsp3) is 0.118. The number of cyclic esters (lactones) is 1. The number of hydrogen-bond donors (Lipinski definition) is 0. The lowest BCUT2D eigenvalue weighted by atomic mass is 10.2. The third-order valence-electron chi connectivity index (χ3n) is 3.69. The van der Waals surface area contributed by atoms with Crippen LogP contribution in [0.25, 0.3) is 6.08 Å². The van der Waals surface area contributed by atoms with Gasteiger partial charge in [0.2, 0.25) is 5.90 Å². The van der Waals surface area contributed by atoms with Gasteiger partial charge >= 0.3 is 5.97 Å². The van der Waals surface area contributed by atoms with E-state index >= 15 is 0 Å². The monoisotopic (exact) mass is 369 g/mol. The quantitative estimate of drug-likeness (QED) is 0.602. The first kappa shape index (κ1) is 15.3. The van der Waals surface area contributed by atoms with Crippen molar-refractivity contribution in [1.82, 2.24) is 4.57 Å². The normalized spacial score (nSPS) is 15.5. The molecule has 0 spiro atoms. The zero-order valence-corrected chi connectivity index (χ0v) is 14.1. The summed E-state index contributed by atoms with van der Waals surface area (Å²) in [5, 5.41) is 9.07. The molecule has 23 heavy (non-hydrogen) atoms. The number of aliphatic imine (C=N–C) groups is 1. The van der Waals surface area contributed by atoms with Gasteiger partial charge in [0.25, 0.3) is 0 Å². The number of rotatable bonds is 2. The molecule has 0 saturated carbocycles. The van der Waals surface area contributed by atoms with Crippen molar-refractivity contribution in [2.75, 3.05) is 0 Å². The summed E-state index contributed by atoms with van der Waals surface area (Å²) < 4.78 is 7.94. The Morgan fingerprint density at radius 2 is 2.04 bits per heavy atom. The largest absolute Gasteiger partial charge is 0.402 e. The van der Waals surface area contributed by atoms with Crippen LogP contribution in [-0.4, -0.2) is 16.4 Å². The summed E-state index contributed by atoms with van der Waals surface area (Å²) in [7, 11) is 1.80. The summed E-state index contributed by atoms with van der Waals surface area (Å²) >= 11 is 3.36. The highest BCUT2D eigenvalue weighted by Gasteiger charge is 2.24. The van der Waals surface area contributed by atoms with Gasteiger partial charge < -0.3 is 9.30 Å². The molecule has 0 aliphatic carbocycles. The summed E-state index contributed by atoms with van der Waals surface area (Å²) in [6.45, 7) is 1.88. The molecular weight excluding hydrogens is 358 g/mol. The van der Waals surface area contributed by atoms with Gasteiger partial charge in [0, 0.05) is 22.8 Å². The van der Waals surface area contributed by atoms with E-state index in [9.17, 15) is 4.79 Å². The Kier molecular flexibility index (Phi) is 3.89. The van der Waals surface area contributed by atoms with Crippen LogP contribution in [0, 0.1) is 18.3 Å². The zero-order chi connectivity index (χ0) is 16.6. The predicted octanol–water partition coefficient (Wildman–Crippen LogP) is 3.31. The van der Waals surface area contributed by atoms with E-state index in [0.717, 1.165) is 21.3 Å². The van der Waals surface area contributed by atoms with Crippen molar-refractivity contribution in [3.63, 3.8) is 0 Å². The van der Waals surface area contributed by atoms with Crippen LogP contribution in [0.5, 0.6) is 0 Å². The Labute approximate surface area is 141 Å². The number of esters is 1. The first-order valence-corrected chi connectivity index (χ1v) is 7.64. The predicted molar refractivity (Wildman–Crippen MR) is 89.6 cm³/mol. The number of benzene rings is 1. The van der Waals surface area contributed by atoms with E-state index in [0.29, 0.717) is 5.69 Å². The molecule has 0 amide bonds. The molecule has 0 bridgehead atoms. The molecule has 114 valence electrons. The third-order valence-corrected chi connectivity index (χ3v) is 4.22. The second kappa shape index (κ2) is 5.86. The first-order valence-electron chi connectivity index (χ1n) is 6.84. The van der Waals surface area contributed by atoms with Crippen molar-refractivity contribution >= 4 is 33.9 Å². The molecule has 2 heterocycles. The molecule has 3 rings (SSSR count). The van der Waals surface area contributed by atoms with Gasteiger partial charge in [0.05, 0.1) is 0 Å². The van der Waals surface area contributed by atoms with Gasteiger partial charge in [-0.25, -0.2) is 9.79 Å². The minimum Gasteiger partial charge on any atom is -0.402 e. The number of ether oxygens (including phenoxy) is 1. The van der Waals surface area contributed by atoms with Gasteiger partial charge in [-0.1, -0.05) is 15.9 Å². The number of nitrogens with zero attached hydrogens (tertiary/aromatic N) is 3. The molecule has 0 saturated heterocycles. The van der Waals surface area contributed by atoms with Gasteiger partial charge in [0.1, 0.15) is 11.8 Å². The second-order valence-electron chi connectivity index (χ2n) is 5.08. The van der Waals surface area contributed by atoms with Crippen LogP contribution in [0.15, 0.2) is 45.5 Å². The van der Waals surface area contributed by atoms with E-state index < -0.39 is 5.97 Å². The van der Waals surface area contributed by atoms with Gasteiger partial charge in [-0.15, -0.1) is 0 Å². The number of hydrogen-bond acceptors (Lipinski definition) is 4. The SMILES string of the molecule is Cc1c(/C=C2\N=C(c3ccc(Br)cc3)OC2=O)cc(C#N)n1C. The Balaban J connectivity index is 1.99. The minimum atomic E-state index is -0.496. The van der Waals surface area contributed by atoms with Crippen LogP contribution in [0.2, 0.25) is 0 Å². The molecule has 0 atom stereocenters. The number of carbonyl (C=O) groups is 1. The second-order valence-corrected chi connectivity index (χ2v) is 6.00. The average Bonchev–Trinajstić information content (AvgIpc) is 3.03. The summed E-state index contributed by atoms with van der Waals surface area (Å²) in [5.41, 5.74) is 3.14. The molecule has 0 unspecified atom stereocenters. The fourth-order valence-corrected chi connectivity index (χ4v) is 2.51. The maximum Gasteiger partial charge on any atom is 0.363 e. The van der Waals surface area contributed by atoms with Crippen LogP contribution in [0.1, 0.15) is 22.5 Å². The lowest BCUT2D eigenvalue weighted by molar-refractivity contribution is -0.129. The highest BCUT2D eigenvalue weighted by Crippen LogP contribution is 2.23. The standard InChI is InChI=1S/C17H12BrN3O2/c1-10-12(7-14(9-19)21(10)2)8-15-17(22)23-16(20-15)11-3-5-13(18)6-4-11/h3-8H,1-2H3/b15-8-. The van der Waals surface area contributed by atoms with Crippen molar-refractivity contribution in [3.05, 3.63) is 63.0 Å². The van der Waals surface area contributed by atoms with E-state index in [4.69, 9.17) is 10.00 Å². The van der Waals surface area contributed by atoms with Crippen LogP contribution in [0.4, 0.5) is 0 Å². The first-order chi connectivity index (χ1) is 11.0. The Morgan fingerprint density at radius 1 is 1.35 bits per heavy atom. The molecule has 1 aromatic carbocycles. The summed E-state index contributed by atoms with van der Waals surface area (Å²) in [4.78, 5) is 16.3. The van der Waals surface area contributed by atoms with Gasteiger partial charge in [0.15, 0.2) is 5.70 Å². The molecule has 0 fully saturated rings. The topological polar surface area (TPSA) is 67.4 Å².